The largest absolute Gasteiger partial charge is 0.253 e. The van der Waals surface area contributed by atoms with E-state index in [2.05, 4.69) is 28.3 Å². The van der Waals surface area contributed by atoms with Crippen LogP contribution in [0.1, 0.15) is 48.3 Å². The molecule has 112 valence electrons. The topological polar surface area (TPSA) is 30.7 Å². The third kappa shape index (κ3) is 2.84. The highest BCUT2D eigenvalue weighted by molar-refractivity contribution is 5.85. The van der Waals surface area contributed by atoms with Gasteiger partial charge in [-0.3, -0.25) is 4.68 Å². The lowest BCUT2D eigenvalue weighted by Crippen LogP contribution is -2.24. The van der Waals surface area contributed by atoms with Crippen molar-refractivity contribution < 1.29 is 0 Å². The molecule has 0 fully saturated rings. The van der Waals surface area contributed by atoms with Gasteiger partial charge in [-0.15, -0.1) is 12.4 Å². The van der Waals surface area contributed by atoms with Crippen molar-refractivity contribution in [1.29, 1.82) is 0 Å². The van der Waals surface area contributed by atoms with E-state index in [1.54, 1.807) is 23.0 Å². The highest BCUT2D eigenvalue weighted by Gasteiger charge is 2.30. The van der Waals surface area contributed by atoms with Crippen LogP contribution < -0.4 is 0 Å². The van der Waals surface area contributed by atoms with E-state index in [0.717, 1.165) is 18.4 Å². The molecular weight excluding hydrogens is 282 g/mol. The molecule has 0 saturated carbocycles. The molecule has 2 aliphatic carbocycles. The number of hydrogen-bond acceptors (Lipinski definition) is 2. The number of hydrogen-bond donors (Lipinski definition) is 0. The van der Waals surface area contributed by atoms with Crippen LogP contribution in [0.15, 0.2) is 30.9 Å². The van der Waals surface area contributed by atoms with Crippen molar-refractivity contribution in [3.05, 3.63) is 47.5 Å². The third-order valence-corrected chi connectivity index (χ3v) is 5.05. The van der Waals surface area contributed by atoms with Crippen LogP contribution in [-0.4, -0.2) is 14.8 Å². The van der Waals surface area contributed by atoms with Crippen LogP contribution in [0.25, 0.3) is 0 Å². The fourth-order valence-electron chi connectivity index (χ4n) is 4.19. The average Bonchev–Trinajstić information content (AvgIpc) is 2.99. The second kappa shape index (κ2) is 6.18. The van der Waals surface area contributed by atoms with Crippen molar-refractivity contribution >= 4 is 12.4 Å². The molecule has 1 aromatic heterocycles. The van der Waals surface area contributed by atoms with E-state index in [4.69, 9.17) is 0 Å². The van der Waals surface area contributed by atoms with Crippen molar-refractivity contribution in [2.24, 2.45) is 5.92 Å². The molecule has 4 heteroatoms. The molecule has 1 aromatic carbocycles. The summed E-state index contributed by atoms with van der Waals surface area (Å²) >= 11 is 0. The number of aromatic nitrogens is 3. The van der Waals surface area contributed by atoms with E-state index in [1.807, 2.05) is 11.0 Å². The van der Waals surface area contributed by atoms with Gasteiger partial charge in [0.2, 0.25) is 0 Å². The predicted molar refractivity (Wildman–Crippen MR) is 85.8 cm³/mol. The average molecular weight is 304 g/mol. The zero-order valence-corrected chi connectivity index (χ0v) is 13.1. The number of benzene rings is 1. The summed E-state index contributed by atoms with van der Waals surface area (Å²) in [6.07, 6.45) is 11.4. The SMILES string of the molecule is Cl.c1cc2c3c(c1)C[C@@H](CCn1cncn1)C[C@@H]3CCC2. The van der Waals surface area contributed by atoms with Gasteiger partial charge in [-0.05, 0) is 67.1 Å². The van der Waals surface area contributed by atoms with E-state index < -0.39 is 0 Å². The first kappa shape index (κ1) is 14.6. The van der Waals surface area contributed by atoms with Gasteiger partial charge in [0.15, 0.2) is 0 Å². The lowest BCUT2D eigenvalue weighted by atomic mass is 9.69. The maximum Gasteiger partial charge on any atom is 0.137 e. The third-order valence-electron chi connectivity index (χ3n) is 5.05. The Kier molecular flexibility index (Phi) is 4.29. The summed E-state index contributed by atoms with van der Waals surface area (Å²) in [6, 6.07) is 6.97. The van der Waals surface area contributed by atoms with Gasteiger partial charge in [0.25, 0.3) is 0 Å². The normalized spacial score (nSPS) is 23.2. The van der Waals surface area contributed by atoms with Crippen molar-refractivity contribution in [3.63, 3.8) is 0 Å². The molecular formula is C17H22ClN3. The highest BCUT2D eigenvalue weighted by atomic mass is 35.5. The summed E-state index contributed by atoms with van der Waals surface area (Å²) in [5.41, 5.74) is 4.98. The minimum atomic E-state index is 0. The zero-order chi connectivity index (χ0) is 13.4. The molecule has 2 aliphatic rings. The monoisotopic (exact) mass is 303 g/mol. The molecule has 0 spiro atoms. The fourth-order valence-corrected chi connectivity index (χ4v) is 4.19. The van der Waals surface area contributed by atoms with E-state index >= 15 is 0 Å². The summed E-state index contributed by atoms with van der Waals surface area (Å²) in [5.74, 6) is 1.63. The van der Waals surface area contributed by atoms with Crippen molar-refractivity contribution in [1.82, 2.24) is 14.8 Å². The summed E-state index contributed by atoms with van der Waals surface area (Å²) in [7, 11) is 0. The van der Waals surface area contributed by atoms with E-state index in [9.17, 15) is 0 Å². The van der Waals surface area contributed by atoms with Crippen molar-refractivity contribution in [3.8, 4) is 0 Å². The standard InChI is InChI=1S/C17H21N3.ClH/c1-3-14-4-2-6-16-10-13(9-15(5-1)17(14)16)7-8-20-12-18-11-19-20;/h1,3,5,11-13,16H,2,4,6-10H2;1H/t13-,16+;/m1./s1. The Hall–Kier alpha value is -1.35. The maximum absolute atomic E-state index is 4.21. The second-order valence-corrected chi connectivity index (χ2v) is 6.33. The summed E-state index contributed by atoms with van der Waals surface area (Å²) in [6.45, 7) is 1.01. The minimum Gasteiger partial charge on any atom is -0.253 e. The Morgan fingerprint density at radius 1 is 1.24 bits per heavy atom. The molecule has 0 bridgehead atoms. The lowest BCUT2D eigenvalue weighted by Gasteiger charge is -2.36. The molecule has 0 N–H and O–H groups in total. The zero-order valence-electron chi connectivity index (χ0n) is 12.2. The molecule has 0 aliphatic heterocycles. The molecule has 3 nitrogen and oxygen atoms in total. The minimum absolute atomic E-state index is 0. The molecule has 0 saturated heterocycles. The Bertz CT molecular complexity index is 594. The van der Waals surface area contributed by atoms with Crippen LogP contribution in [0.4, 0.5) is 0 Å². The first-order chi connectivity index (χ1) is 9.90. The smallest absolute Gasteiger partial charge is 0.137 e. The molecule has 0 amide bonds. The van der Waals surface area contributed by atoms with Crippen molar-refractivity contribution in [2.75, 3.05) is 0 Å². The lowest BCUT2D eigenvalue weighted by molar-refractivity contribution is 0.333. The first-order valence-electron chi connectivity index (χ1n) is 7.83. The van der Waals surface area contributed by atoms with Crippen LogP contribution >= 0.6 is 12.4 Å². The number of aryl methyl sites for hydroxylation is 2. The number of nitrogens with zero attached hydrogens (tertiary/aromatic N) is 3. The predicted octanol–water partition coefficient (Wildman–Crippen LogP) is 3.77. The van der Waals surface area contributed by atoms with Crippen LogP contribution in [0.3, 0.4) is 0 Å². The number of halogens is 1. The van der Waals surface area contributed by atoms with E-state index in [-0.39, 0.29) is 12.4 Å². The summed E-state index contributed by atoms with van der Waals surface area (Å²) in [4.78, 5) is 4.03. The molecule has 2 aromatic rings. The van der Waals surface area contributed by atoms with E-state index in [0.29, 0.717) is 0 Å². The highest BCUT2D eigenvalue weighted by Crippen LogP contribution is 2.43. The van der Waals surface area contributed by atoms with Gasteiger partial charge in [0.1, 0.15) is 12.7 Å². The summed E-state index contributed by atoms with van der Waals surface area (Å²) in [5, 5.41) is 4.21. The second-order valence-electron chi connectivity index (χ2n) is 6.33. The molecule has 21 heavy (non-hydrogen) atoms. The van der Waals surface area contributed by atoms with Crippen LogP contribution in [-0.2, 0) is 19.4 Å². The number of rotatable bonds is 3. The van der Waals surface area contributed by atoms with Crippen LogP contribution in [0, 0.1) is 5.92 Å². The quantitative estimate of drug-likeness (QED) is 0.864. The molecule has 4 rings (SSSR count). The van der Waals surface area contributed by atoms with Crippen LogP contribution in [0.5, 0.6) is 0 Å². The summed E-state index contributed by atoms with van der Waals surface area (Å²) < 4.78 is 1.97. The van der Waals surface area contributed by atoms with Gasteiger partial charge < -0.3 is 0 Å². The van der Waals surface area contributed by atoms with Gasteiger partial charge >= 0.3 is 0 Å². The molecule has 0 unspecified atom stereocenters. The Balaban J connectivity index is 0.00000132. The van der Waals surface area contributed by atoms with Gasteiger partial charge in [0, 0.05) is 6.54 Å². The van der Waals surface area contributed by atoms with Gasteiger partial charge in [-0.1, -0.05) is 18.2 Å². The van der Waals surface area contributed by atoms with E-state index in [1.165, 1.54) is 38.5 Å². The molecule has 0 radical (unpaired) electrons. The Morgan fingerprint density at radius 2 is 2.14 bits per heavy atom. The molecule has 2 atom stereocenters. The Labute approximate surface area is 132 Å². The van der Waals surface area contributed by atoms with Gasteiger partial charge in [-0.2, -0.15) is 5.10 Å². The van der Waals surface area contributed by atoms with Gasteiger partial charge in [0.05, 0.1) is 0 Å². The molecule has 1 heterocycles. The van der Waals surface area contributed by atoms with Crippen molar-refractivity contribution in [2.45, 2.75) is 51.0 Å². The fraction of sp³-hybridized carbons (Fsp3) is 0.529. The maximum atomic E-state index is 4.21. The Morgan fingerprint density at radius 3 is 3.00 bits per heavy atom. The van der Waals surface area contributed by atoms with Crippen LogP contribution in [0.2, 0.25) is 0 Å². The van der Waals surface area contributed by atoms with Gasteiger partial charge in [-0.25, -0.2) is 4.98 Å². The first-order valence-corrected chi connectivity index (χ1v) is 7.83.